The fourth-order valence-electron chi connectivity index (χ4n) is 2.32. The summed E-state index contributed by atoms with van der Waals surface area (Å²) < 4.78 is 0. The van der Waals surface area contributed by atoms with Gasteiger partial charge >= 0.3 is 0 Å². The molecular formula is C12H24N2O. The molecule has 0 aromatic rings. The molecule has 0 unspecified atom stereocenters. The highest BCUT2D eigenvalue weighted by Crippen LogP contribution is 2.34. The highest BCUT2D eigenvalue weighted by atomic mass is 16.1. The molecule has 0 saturated heterocycles. The number of likely N-dealkylation sites (N-methyl/N-ethyl adjacent to an activating group) is 1. The van der Waals surface area contributed by atoms with Gasteiger partial charge in [-0.3, -0.25) is 4.79 Å². The van der Waals surface area contributed by atoms with Crippen LogP contribution in [0.15, 0.2) is 0 Å². The predicted octanol–water partition coefficient (Wildman–Crippen LogP) is 1.68. The maximum absolute atomic E-state index is 11.2. The zero-order valence-electron chi connectivity index (χ0n) is 10.1. The van der Waals surface area contributed by atoms with Gasteiger partial charge in [0, 0.05) is 13.1 Å². The third kappa shape index (κ3) is 4.65. The van der Waals surface area contributed by atoms with Crippen molar-refractivity contribution < 1.29 is 4.79 Å². The van der Waals surface area contributed by atoms with Crippen molar-refractivity contribution in [1.29, 1.82) is 0 Å². The van der Waals surface area contributed by atoms with E-state index in [0.29, 0.717) is 12.0 Å². The Bertz CT molecular complexity index is 198. The first kappa shape index (κ1) is 12.5. The SMILES string of the molecule is CCNC(=O)CNCC1(C)CCCCC1. The number of carbonyl (C=O) groups is 1. The molecule has 1 saturated carbocycles. The van der Waals surface area contributed by atoms with Crippen LogP contribution in [0.3, 0.4) is 0 Å². The number of rotatable bonds is 5. The molecule has 0 aromatic carbocycles. The molecule has 0 bridgehead atoms. The van der Waals surface area contributed by atoms with Crippen LogP contribution in [-0.2, 0) is 4.79 Å². The smallest absolute Gasteiger partial charge is 0.233 e. The van der Waals surface area contributed by atoms with Crippen molar-refractivity contribution in [3.05, 3.63) is 0 Å². The fourth-order valence-corrected chi connectivity index (χ4v) is 2.32. The van der Waals surface area contributed by atoms with Crippen LogP contribution >= 0.6 is 0 Å². The minimum atomic E-state index is 0.108. The zero-order valence-corrected chi connectivity index (χ0v) is 10.1. The van der Waals surface area contributed by atoms with Gasteiger partial charge in [0.15, 0.2) is 0 Å². The van der Waals surface area contributed by atoms with Gasteiger partial charge in [0.2, 0.25) is 5.91 Å². The molecule has 1 rings (SSSR count). The van der Waals surface area contributed by atoms with Gasteiger partial charge in [-0.25, -0.2) is 0 Å². The van der Waals surface area contributed by atoms with Crippen molar-refractivity contribution in [3.8, 4) is 0 Å². The Morgan fingerprint density at radius 2 is 1.93 bits per heavy atom. The molecule has 15 heavy (non-hydrogen) atoms. The first-order valence-corrected chi connectivity index (χ1v) is 6.14. The van der Waals surface area contributed by atoms with E-state index in [1.54, 1.807) is 0 Å². The van der Waals surface area contributed by atoms with Crippen LogP contribution in [-0.4, -0.2) is 25.5 Å². The normalized spacial score (nSPS) is 19.9. The standard InChI is InChI=1S/C12H24N2O/c1-3-14-11(15)9-13-10-12(2)7-5-4-6-8-12/h13H,3-10H2,1-2H3,(H,14,15). The Labute approximate surface area is 93.0 Å². The highest BCUT2D eigenvalue weighted by Gasteiger charge is 2.26. The Balaban J connectivity index is 2.15. The van der Waals surface area contributed by atoms with E-state index in [1.165, 1.54) is 32.1 Å². The van der Waals surface area contributed by atoms with Gasteiger partial charge in [-0.05, 0) is 25.2 Å². The lowest BCUT2D eigenvalue weighted by Crippen LogP contribution is -2.39. The summed E-state index contributed by atoms with van der Waals surface area (Å²) in [5, 5.41) is 6.06. The van der Waals surface area contributed by atoms with E-state index in [2.05, 4.69) is 17.6 Å². The second kappa shape index (κ2) is 6.11. The maximum atomic E-state index is 11.2. The van der Waals surface area contributed by atoms with Crippen molar-refractivity contribution in [2.45, 2.75) is 46.0 Å². The molecule has 2 N–H and O–H groups in total. The Kier molecular flexibility index (Phi) is 5.09. The molecule has 1 amide bonds. The second-order valence-electron chi connectivity index (χ2n) is 4.93. The Morgan fingerprint density at radius 3 is 2.53 bits per heavy atom. The highest BCUT2D eigenvalue weighted by molar-refractivity contribution is 5.77. The molecule has 88 valence electrons. The molecule has 1 aliphatic rings. The average molecular weight is 212 g/mol. The summed E-state index contributed by atoms with van der Waals surface area (Å²) in [6, 6.07) is 0. The number of nitrogens with one attached hydrogen (secondary N) is 2. The first-order valence-electron chi connectivity index (χ1n) is 6.14. The lowest BCUT2D eigenvalue weighted by atomic mass is 9.76. The van der Waals surface area contributed by atoms with E-state index in [0.717, 1.165) is 13.1 Å². The number of hydrogen-bond acceptors (Lipinski definition) is 2. The van der Waals surface area contributed by atoms with Crippen LogP contribution in [0.25, 0.3) is 0 Å². The molecule has 1 aliphatic carbocycles. The molecule has 0 heterocycles. The number of hydrogen-bond donors (Lipinski definition) is 2. The van der Waals surface area contributed by atoms with Crippen molar-refractivity contribution in [2.75, 3.05) is 19.6 Å². The molecule has 0 atom stereocenters. The van der Waals surface area contributed by atoms with Gasteiger partial charge < -0.3 is 10.6 Å². The predicted molar refractivity (Wildman–Crippen MR) is 62.7 cm³/mol. The Morgan fingerprint density at radius 1 is 1.27 bits per heavy atom. The van der Waals surface area contributed by atoms with E-state index < -0.39 is 0 Å². The van der Waals surface area contributed by atoms with Gasteiger partial charge in [0.1, 0.15) is 0 Å². The molecule has 3 nitrogen and oxygen atoms in total. The van der Waals surface area contributed by atoms with Gasteiger partial charge in [-0.1, -0.05) is 26.2 Å². The van der Waals surface area contributed by atoms with Crippen LogP contribution < -0.4 is 10.6 Å². The monoisotopic (exact) mass is 212 g/mol. The summed E-state index contributed by atoms with van der Waals surface area (Å²) in [6.07, 6.45) is 6.68. The van der Waals surface area contributed by atoms with E-state index >= 15 is 0 Å². The molecular weight excluding hydrogens is 188 g/mol. The number of amides is 1. The quantitative estimate of drug-likeness (QED) is 0.728. The fraction of sp³-hybridized carbons (Fsp3) is 0.917. The minimum absolute atomic E-state index is 0.108. The van der Waals surface area contributed by atoms with E-state index in [9.17, 15) is 4.79 Å². The summed E-state index contributed by atoms with van der Waals surface area (Å²) >= 11 is 0. The third-order valence-electron chi connectivity index (χ3n) is 3.27. The average Bonchev–Trinajstić information content (AvgIpc) is 2.19. The summed E-state index contributed by atoms with van der Waals surface area (Å²) in [4.78, 5) is 11.2. The van der Waals surface area contributed by atoms with Gasteiger partial charge in [0.25, 0.3) is 0 Å². The lowest BCUT2D eigenvalue weighted by molar-refractivity contribution is -0.120. The molecule has 1 fully saturated rings. The van der Waals surface area contributed by atoms with Crippen LogP contribution in [0.2, 0.25) is 0 Å². The van der Waals surface area contributed by atoms with E-state index in [4.69, 9.17) is 0 Å². The molecule has 0 aliphatic heterocycles. The summed E-state index contributed by atoms with van der Waals surface area (Å²) in [5.41, 5.74) is 0.421. The van der Waals surface area contributed by atoms with Gasteiger partial charge in [0.05, 0.1) is 6.54 Å². The molecule has 0 radical (unpaired) electrons. The summed E-state index contributed by atoms with van der Waals surface area (Å²) in [7, 11) is 0. The topological polar surface area (TPSA) is 41.1 Å². The van der Waals surface area contributed by atoms with Crippen molar-refractivity contribution in [3.63, 3.8) is 0 Å². The zero-order chi connectivity index (χ0) is 11.1. The van der Waals surface area contributed by atoms with Crippen LogP contribution in [0.5, 0.6) is 0 Å². The van der Waals surface area contributed by atoms with Crippen LogP contribution in [0.1, 0.15) is 46.0 Å². The third-order valence-corrected chi connectivity index (χ3v) is 3.27. The Hall–Kier alpha value is -0.570. The summed E-state index contributed by atoms with van der Waals surface area (Å²) in [5.74, 6) is 0.108. The summed E-state index contributed by atoms with van der Waals surface area (Å²) in [6.45, 7) is 6.43. The largest absolute Gasteiger partial charge is 0.355 e. The van der Waals surface area contributed by atoms with Crippen LogP contribution in [0, 0.1) is 5.41 Å². The first-order chi connectivity index (χ1) is 7.16. The lowest BCUT2D eigenvalue weighted by Gasteiger charge is -2.33. The van der Waals surface area contributed by atoms with Gasteiger partial charge in [-0.15, -0.1) is 0 Å². The van der Waals surface area contributed by atoms with Gasteiger partial charge in [-0.2, -0.15) is 0 Å². The molecule has 3 heteroatoms. The maximum Gasteiger partial charge on any atom is 0.233 e. The minimum Gasteiger partial charge on any atom is -0.355 e. The molecule has 0 spiro atoms. The van der Waals surface area contributed by atoms with Crippen molar-refractivity contribution in [2.24, 2.45) is 5.41 Å². The van der Waals surface area contributed by atoms with E-state index in [1.807, 2.05) is 6.92 Å². The molecule has 0 aromatic heterocycles. The number of carbonyl (C=O) groups excluding carboxylic acids is 1. The van der Waals surface area contributed by atoms with E-state index in [-0.39, 0.29) is 5.91 Å². The second-order valence-corrected chi connectivity index (χ2v) is 4.93. The van der Waals surface area contributed by atoms with Crippen molar-refractivity contribution >= 4 is 5.91 Å². The van der Waals surface area contributed by atoms with Crippen LogP contribution in [0.4, 0.5) is 0 Å². The van der Waals surface area contributed by atoms with Crippen molar-refractivity contribution in [1.82, 2.24) is 10.6 Å².